The Morgan fingerprint density at radius 1 is 1.15 bits per heavy atom. The number of amides is 2. The molecule has 2 amide bonds. The molecule has 0 unspecified atom stereocenters. The number of aromatic nitrogens is 3. The number of urea groups is 1. The van der Waals surface area contributed by atoms with Crippen molar-refractivity contribution < 1.29 is 31.1 Å². The van der Waals surface area contributed by atoms with E-state index in [0.717, 1.165) is 0 Å². The second-order valence-corrected chi connectivity index (χ2v) is 9.79. The van der Waals surface area contributed by atoms with Gasteiger partial charge in [-0.25, -0.2) is 13.2 Å². The van der Waals surface area contributed by atoms with E-state index in [1.165, 1.54) is 23.1 Å². The predicted octanol–water partition coefficient (Wildman–Crippen LogP) is 2.93. The molecule has 0 saturated carbocycles. The third-order valence-corrected chi connectivity index (χ3v) is 6.86. The zero-order chi connectivity index (χ0) is 24.3. The Morgan fingerprint density at radius 2 is 1.85 bits per heavy atom. The molecule has 34 heavy (non-hydrogen) atoms. The van der Waals surface area contributed by atoms with Gasteiger partial charge < -0.3 is 14.1 Å². The summed E-state index contributed by atoms with van der Waals surface area (Å²) in [5, 5.41) is 6.89. The standard InChI is InChI=1S/C21H21F2N5O5S/c1-32-17-6-4-16(5-7-17)28(21(29)27-8-10-34(30,31)11-9-27)13-15-3-2-14(12-24-15)19-25-26-20(33-19)18(22)23/h2-7,12,18H,8-11,13H2,1H3. The molecule has 0 bridgehead atoms. The molecular formula is C21H21F2N5O5S. The molecule has 1 aliphatic rings. The van der Waals surface area contributed by atoms with E-state index >= 15 is 0 Å². The van der Waals surface area contributed by atoms with Gasteiger partial charge in [-0.3, -0.25) is 9.88 Å². The minimum absolute atomic E-state index is 0.0841. The number of ether oxygens (including phenoxy) is 1. The lowest BCUT2D eigenvalue weighted by atomic mass is 10.2. The lowest BCUT2D eigenvalue weighted by molar-refractivity contribution is 0.116. The van der Waals surface area contributed by atoms with Gasteiger partial charge in [0.15, 0.2) is 9.84 Å². The van der Waals surface area contributed by atoms with Crippen LogP contribution in [-0.4, -0.2) is 66.2 Å². The van der Waals surface area contributed by atoms with Gasteiger partial charge in [0, 0.05) is 25.0 Å². The molecule has 10 nitrogen and oxygen atoms in total. The molecule has 0 radical (unpaired) electrons. The van der Waals surface area contributed by atoms with Crippen LogP contribution in [0.4, 0.5) is 19.3 Å². The molecule has 4 rings (SSSR count). The highest BCUT2D eigenvalue weighted by atomic mass is 32.2. The van der Waals surface area contributed by atoms with Crippen molar-refractivity contribution in [3.05, 3.63) is 54.2 Å². The van der Waals surface area contributed by atoms with Crippen LogP contribution in [0.3, 0.4) is 0 Å². The Balaban J connectivity index is 1.56. The summed E-state index contributed by atoms with van der Waals surface area (Å²) < 4.78 is 59.0. The van der Waals surface area contributed by atoms with Crippen LogP contribution < -0.4 is 9.64 Å². The van der Waals surface area contributed by atoms with Crippen LogP contribution in [0, 0.1) is 0 Å². The molecule has 13 heteroatoms. The zero-order valence-electron chi connectivity index (χ0n) is 18.1. The SMILES string of the molecule is COc1ccc(N(Cc2ccc(-c3nnc(C(F)F)o3)cn2)C(=O)N2CCS(=O)(=O)CC2)cc1. The Morgan fingerprint density at radius 3 is 2.41 bits per heavy atom. The Hall–Kier alpha value is -3.61. The average Bonchev–Trinajstić information content (AvgIpc) is 3.33. The third kappa shape index (κ3) is 5.30. The topological polar surface area (TPSA) is 119 Å². The van der Waals surface area contributed by atoms with Gasteiger partial charge in [-0.15, -0.1) is 10.2 Å². The van der Waals surface area contributed by atoms with Crippen molar-refractivity contribution in [2.45, 2.75) is 13.0 Å². The molecular weight excluding hydrogens is 472 g/mol. The number of anilines is 1. The van der Waals surface area contributed by atoms with Gasteiger partial charge in [0.05, 0.1) is 36.4 Å². The van der Waals surface area contributed by atoms with Crippen LogP contribution in [0.25, 0.3) is 11.5 Å². The quantitative estimate of drug-likeness (QED) is 0.514. The fraction of sp³-hybridized carbons (Fsp3) is 0.333. The number of carbonyl (C=O) groups excluding carboxylic acids is 1. The summed E-state index contributed by atoms with van der Waals surface area (Å²) in [5.41, 5.74) is 1.43. The Kier molecular flexibility index (Phi) is 6.72. The maximum Gasteiger partial charge on any atom is 0.324 e. The second kappa shape index (κ2) is 9.71. The number of halogens is 2. The molecule has 180 valence electrons. The molecule has 2 aromatic heterocycles. The van der Waals surface area contributed by atoms with Crippen LogP contribution in [0.5, 0.6) is 5.75 Å². The number of alkyl halides is 2. The van der Waals surface area contributed by atoms with Gasteiger partial charge in [0.2, 0.25) is 5.89 Å². The van der Waals surface area contributed by atoms with Gasteiger partial charge >= 0.3 is 12.5 Å². The number of methoxy groups -OCH3 is 1. The zero-order valence-corrected chi connectivity index (χ0v) is 18.9. The first-order valence-electron chi connectivity index (χ1n) is 10.2. The van der Waals surface area contributed by atoms with Crippen LogP contribution in [0.2, 0.25) is 0 Å². The number of hydrogen-bond acceptors (Lipinski definition) is 8. The van der Waals surface area contributed by atoms with E-state index in [1.807, 2.05) is 0 Å². The minimum Gasteiger partial charge on any atom is -0.497 e. The van der Waals surface area contributed by atoms with Crippen molar-refractivity contribution in [3.8, 4) is 17.2 Å². The average molecular weight is 493 g/mol. The van der Waals surface area contributed by atoms with Crippen LogP contribution in [-0.2, 0) is 16.4 Å². The third-order valence-electron chi connectivity index (χ3n) is 5.25. The fourth-order valence-corrected chi connectivity index (χ4v) is 4.55. The molecule has 1 aliphatic heterocycles. The van der Waals surface area contributed by atoms with Gasteiger partial charge in [0.25, 0.3) is 5.89 Å². The first-order valence-corrected chi connectivity index (χ1v) is 12.1. The second-order valence-electron chi connectivity index (χ2n) is 7.49. The first kappa shape index (κ1) is 23.5. The van der Waals surface area contributed by atoms with Gasteiger partial charge in [0.1, 0.15) is 5.75 Å². The lowest BCUT2D eigenvalue weighted by Crippen LogP contribution is -2.49. The fourth-order valence-electron chi connectivity index (χ4n) is 3.35. The monoisotopic (exact) mass is 493 g/mol. The molecule has 1 fully saturated rings. The van der Waals surface area contributed by atoms with E-state index in [9.17, 15) is 22.0 Å². The Bertz CT molecular complexity index is 1240. The minimum atomic E-state index is -3.15. The number of sulfone groups is 1. The van der Waals surface area contributed by atoms with E-state index in [4.69, 9.17) is 9.15 Å². The summed E-state index contributed by atoms with van der Waals surface area (Å²) in [7, 11) is -1.62. The highest BCUT2D eigenvalue weighted by molar-refractivity contribution is 7.91. The molecule has 0 spiro atoms. The van der Waals surface area contributed by atoms with Crippen molar-refractivity contribution in [1.82, 2.24) is 20.1 Å². The van der Waals surface area contributed by atoms with Gasteiger partial charge in [-0.1, -0.05) is 0 Å². The maximum atomic E-state index is 13.3. The number of pyridine rings is 1. The summed E-state index contributed by atoms with van der Waals surface area (Å²) in [6, 6.07) is 9.70. The Labute approximate surface area is 194 Å². The largest absolute Gasteiger partial charge is 0.497 e. The number of carbonyl (C=O) groups is 1. The normalized spacial score (nSPS) is 15.4. The predicted molar refractivity (Wildman–Crippen MR) is 117 cm³/mol. The van der Waals surface area contributed by atoms with Gasteiger partial charge in [-0.2, -0.15) is 8.78 Å². The molecule has 0 N–H and O–H groups in total. The van der Waals surface area contributed by atoms with Crippen molar-refractivity contribution in [2.24, 2.45) is 0 Å². The highest BCUT2D eigenvalue weighted by Crippen LogP contribution is 2.25. The van der Waals surface area contributed by atoms with Crippen molar-refractivity contribution >= 4 is 21.6 Å². The van der Waals surface area contributed by atoms with E-state index < -0.39 is 22.2 Å². The van der Waals surface area contributed by atoms with Crippen molar-refractivity contribution in [1.29, 1.82) is 0 Å². The van der Waals surface area contributed by atoms with Crippen molar-refractivity contribution in [2.75, 3.05) is 36.6 Å². The molecule has 1 saturated heterocycles. The van der Waals surface area contributed by atoms with Gasteiger partial charge in [-0.05, 0) is 36.4 Å². The molecule has 1 aromatic carbocycles. The van der Waals surface area contributed by atoms with E-state index in [0.29, 0.717) is 22.7 Å². The maximum absolute atomic E-state index is 13.3. The number of hydrogen-bond donors (Lipinski definition) is 0. The van der Waals surface area contributed by atoms with Crippen LogP contribution in [0.1, 0.15) is 18.0 Å². The van der Waals surface area contributed by atoms with Crippen LogP contribution >= 0.6 is 0 Å². The van der Waals surface area contributed by atoms with E-state index in [1.54, 1.807) is 36.4 Å². The molecule has 0 aliphatic carbocycles. The summed E-state index contributed by atoms with van der Waals surface area (Å²) in [5.74, 6) is -0.434. The molecule has 3 heterocycles. The summed E-state index contributed by atoms with van der Waals surface area (Å²) in [4.78, 5) is 20.6. The first-order chi connectivity index (χ1) is 16.3. The number of rotatable bonds is 6. The number of benzene rings is 1. The summed E-state index contributed by atoms with van der Waals surface area (Å²) >= 11 is 0. The lowest BCUT2D eigenvalue weighted by Gasteiger charge is -2.33. The highest BCUT2D eigenvalue weighted by Gasteiger charge is 2.29. The molecule has 0 atom stereocenters. The summed E-state index contributed by atoms with van der Waals surface area (Å²) in [6.45, 7) is 0.286. The van der Waals surface area contributed by atoms with Crippen LogP contribution in [0.15, 0.2) is 47.0 Å². The smallest absolute Gasteiger partial charge is 0.324 e. The van der Waals surface area contributed by atoms with E-state index in [-0.39, 0.29) is 43.1 Å². The van der Waals surface area contributed by atoms with Crippen molar-refractivity contribution in [3.63, 3.8) is 0 Å². The van der Waals surface area contributed by atoms with E-state index in [2.05, 4.69) is 15.2 Å². The summed E-state index contributed by atoms with van der Waals surface area (Å²) in [6.07, 6.45) is -1.48. The number of nitrogens with zero attached hydrogens (tertiary/aromatic N) is 5. The molecule has 3 aromatic rings.